The van der Waals surface area contributed by atoms with Crippen molar-refractivity contribution in [2.45, 2.75) is 19.5 Å². The Kier molecular flexibility index (Phi) is 5.42. The molecule has 2 aromatic rings. The Labute approximate surface area is 138 Å². The Morgan fingerprint density at radius 3 is 1.96 bits per heavy atom. The third-order valence-electron chi connectivity index (χ3n) is 4.39. The van der Waals surface area contributed by atoms with Crippen LogP contribution in [-0.4, -0.2) is 36.0 Å². The van der Waals surface area contributed by atoms with E-state index in [0.717, 1.165) is 44.8 Å². The van der Waals surface area contributed by atoms with Gasteiger partial charge in [-0.1, -0.05) is 54.6 Å². The van der Waals surface area contributed by atoms with Crippen molar-refractivity contribution in [2.24, 2.45) is 0 Å². The van der Waals surface area contributed by atoms with Crippen molar-refractivity contribution in [1.29, 1.82) is 5.26 Å². The molecule has 3 heteroatoms. The maximum Gasteiger partial charge on any atom is 0.0669 e. The van der Waals surface area contributed by atoms with Gasteiger partial charge >= 0.3 is 0 Å². The van der Waals surface area contributed by atoms with Crippen LogP contribution in [0.2, 0.25) is 0 Å². The van der Waals surface area contributed by atoms with E-state index in [4.69, 9.17) is 5.26 Å². The van der Waals surface area contributed by atoms with Crippen LogP contribution in [0.3, 0.4) is 0 Å². The average molecular weight is 305 g/mol. The van der Waals surface area contributed by atoms with Gasteiger partial charge in [-0.2, -0.15) is 5.26 Å². The molecule has 0 aliphatic carbocycles. The number of benzene rings is 2. The number of hydrogen-bond donors (Lipinski definition) is 0. The van der Waals surface area contributed by atoms with E-state index in [1.54, 1.807) is 0 Å². The van der Waals surface area contributed by atoms with E-state index < -0.39 is 0 Å². The third kappa shape index (κ3) is 4.66. The normalized spacial score (nSPS) is 16.1. The summed E-state index contributed by atoms with van der Waals surface area (Å²) in [5.74, 6) is 0. The van der Waals surface area contributed by atoms with Crippen LogP contribution in [0, 0.1) is 11.3 Å². The topological polar surface area (TPSA) is 30.3 Å². The van der Waals surface area contributed by atoms with Crippen molar-refractivity contribution in [3.8, 4) is 6.07 Å². The minimum Gasteiger partial charge on any atom is -0.297 e. The Hall–Kier alpha value is -2.15. The van der Waals surface area contributed by atoms with Crippen molar-refractivity contribution in [3.63, 3.8) is 0 Å². The highest BCUT2D eigenvalue weighted by atomic mass is 15.3. The predicted molar refractivity (Wildman–Crippen MR) is 92.8 cm³/mol. The van der Waals surface area contributed by atoms with Crippen LogP contribution < -0.4 is 0 Å². The summed E-state index contributed by atoms with van der Waals surface area (Å²) in [6, 6.07) is 21.3. The van der Waals surface area contributed by atoms with E-state index in [1.165, 1.54) is 11.1 Å². The smallest absolute Gasteiger partial charge is 0.0669 e. The van der Waals surface area contributed by atoms with Crippen molar-refractivity contribution in [1.82, 2.24) is 9.80 Å². The van der Waals surface area contributed by atoms with Gasteiger partial charge in [-0.15, -0.1) is 0 Å². The molecule has 0 radical (unpaired) electrons. The Balaban J connectivity index is 1.49. The minimum absolute atomic E-state index is 0.499. The van der Waals surface area contributed by atoms with Gasteiger partial charge in [0.15, 0.2) is 0 Å². The molecular formula is C20H23N3. The lowest BCUT2D eigenvalue weighted by molar-refractivity contribution is 0.122. The first-order valence-electron chi connectivity index (χ1n) is 8.27. The average Bonchev–Trinajstić information content (AvgIpc) is 2.58. The fourth-order valence-electron chi connectivity index (χ4n) is 3.13. The summed E-state index contributed by atoms with van der Waals surface area (Å²) in [7, 11) is 0. The van der Waals surface area contributed by atoms with Gasteiger partial charge in [-0.05, 0) is 16.7 Å². The van der Waals surface area contributed by atoms with Crippen LogP contribution in [0.1, 0.15) is 16.7 Å². The van der Waals surface area contributed by atoms with Crippen LogP contribution >= 0.6 is 0 Å². The first-order valence-corrected chi connectivity index (χ1v) is 8.27. The molecule has 3 nitrogen and oxygen atoms in total. The zero-order valence-corrected chi connectivity index (χ0v) is 13.5. The van der Waals surface area contributed by atoms with Crippen molar-refractivity contribution in [3.05, 3.63) is 71.3 Å². The lowest BCUT2D eigenvalue weighted by Crippen LogP contribution is -2.45. The van der Waals surface area contributed by atoms with E-state index in [9.17, 15) is 0 Å². The molecule has 0 atom stereocenters. The highest BCUT2D eigenvalue weighted by molar-refractivity contribution is 5.25. The summed E-state index contributed by atoms with van der Waals surface area (Å²) in [4.78, 5) is 5.03. The number of nitrogens with zero attached hydrogens (tertiary/aromatic N) is 3. The monoisotopic (exact) mass is 305 g/mol. The zero-order valence-electron chi connectivity index (χ0n) is 13.5. The molecule has 0 amide bonds. The van der Waals surface area contributed by atoms with Gasteiger partial charge in [-0.25, -0.2) is 0 Å². The summed E-state index contributed by atoms with van der Waals surface area (Å²) < 4.78 is 0. The van der Waals surface area contributed by atoms with E-state index in [2.05, 4.69) is 64.4 Å². The molecular weight excluding hydrogens is 282 g/mol. The molecule has 23 heavy (non-hydrogen) atoms. The van der Waals surface area contributed by atoms with Crippen LogP contribution in [0.4, 0.5) is 0 Å². The Bertz CT molecular complexity index is 652. The molecule has 0 N–H and O–H groups in total. The molecule has 0 bridgehead atoms. The molecule has 1 aliphatic rings. The fraction of sp³-hybridized carbons (Fsp3) is 0.350. The molecule has 1 heterocycles. The van der Waals surface area contributed by atoms with Crippen LogP contribution in [0.15, 0.2) is 54.6 Å². The van der Waals surface area contributed by atoms with Crippen LogP contribution in [-0.2, 0) is 19.5 Å². The number of nitriles is 1. The summed E-state index contributed by atoms with van der Waals surface area (Å²) in [6.07, 6.45) is 0.499. The number of rotatable bonds is 5. The summed E-state index contributed by atoms with van der Waals surface area (Å²) in [5, 5.41) is 8.82. The highest BCUT2D eigenvalue weighted by Gasteiger charge is 2.17. The Morgan fingerprint density at radius 2 is 1.30 bits per heavy atom. The number of piperazine rings is 1. The summed E-state index contributed by atoms with van der Waals surface area (Å²) >= 11 is 0. The van der Waals surface area contributed by atoms with Gasteiger partial charge < -0.3 is 0 Å². The van der Waals surface area contributed by atoms with Crippen molar-refractivity contribution >= 4 is 0 Å². The molecule has 118 valence electrons. The second kappa shape index (κ2) is 7.92. The Morgan fingerprint density at radius 1 is 0.739 bits per heavy atom. The zero-order chi connectivity index (χ0) is 15.9. The molecule has 1 fully saturated rings. The van der Waals surface area contributed by atoms with Crippen molar-refractivity contribution in [2.75, 3.05) is 26.2 Å². The maximum absolute atomic E-state index is 8.82. The van der Waals surface area contributed by atoms with Gasteiger partial charge in [-0.3, -0.25) is 9.80 Å². The summed E-state index contributed by atoms with van der Waals surface area (Å²) in [5.41, 5.74) is 3.83. The first kappa shape index (κ1) is 15.7. The van der Waals surface area contributed by atoms with Crippen LogP contribution in [0.5, 0.6) is 0 Å². The molecule has 2 aromatic carbocycles. The molecule has 0 unspecified atom stereocenters. The largest absolute Gasteiger partial charge is 0.297 e. The molecule has 1 saturated heterocycles. The molecule has 0 saturated carbocycles. The van der Waals surface area contributed by atoms with Crippen LogP contribution in [0.25, 0.3) is 0 Å². The van der Waals surface area contributed by atoms with Gasteiger partial charge in [0.25, 0.3) is 0 Å². The lowest BCUT2D eigenvalue weighted by atomic mass is 10.1. The van der Waals surface area contributed by atoms with Crippen molar-refractivity contribution < 1.29 is 0 Å². The SMILES string of the molecule is N#CCc1cccc(CN2CCN(Cc3ccccc3)CC2)c1. The minimum atomic E-state index is 0.499. The van der Waals surface area contributed by atoms with E-state index in [0.29, 0.717) is 6.42 Å². The number of hydrogen-bond acceptors (Lipinski definition) is 3. The van der Waals surface area contributed by atoms with E-state index in [-0.39, 0.29) is 0 Å². The quantitative estimate of drug-likeness (QED) is 0.850. The molecule has 1 aliphatic heterocycles. The van der Waals surface area contributed by atoms with E-state index in [1.807, 2.05) is 6.07 Å². The molecule has 3 rings (SSSR count). The maximum atomic E-state index is 8.82. The van der Waals surface area contributed by atoms with Gasteiger partial charge in [0, 0.05) is 39.3 Å². The predicted octanol–water partition coefficient (Wildman–Crippen LogP) is 3.07. The molecule has 0 spiro atoms. The highest BCUT2D eigenvalue weighted by Crippen LogP contribution is 2.13. The first-order chi connectivity index (χ1) is 11.3. The lowest BCUT2D eigenvalue weighted by Gasteiger charge is -2.34. The summed E-state index contributed by atoms with van der Waals surface area (Å²) in [6.45, 7) is 6.48. The molecule has 0 aromatic heterocycles. The second-order valence-corrected chi connectivity index (χ2v) is 6.19. The van der Waals surface area contributed by atoms with E-state index >= 15 is 0 Å². The second-order valence-electron chi connectivity index (χ2n) is 6.19. The van der Waals surface area contributed by atoms with Gasteiger partial charge in [0.1, 0.15) is 0 Å². The third-order valence-corrected chi connectivity index (χ3v) is 4.39. The van der Waals surface area contributed by atoms with Gasteiger partial charge in [0.2, 0.25) is 0 Å². The fourth-order valence-corrected chi connectivity index (χ4v) is 3.13. The van der Waals surface area contributed by atoms with Gasteiger partial charge in [0.05, 0.1) is 12.5 Å². The standard InChI is InChI=1S/C20H23N3/c21-10-9-18-7-4-8-20(15-18)17-23-13-11-22(12-14-23)16-19-5-2-1-3-6-19/h1-8,15H,9,11-14,16-17H2.